The summed E-state index contributed by atoms with van der Waals surface area (Å²) in [6.07, 6.45) is 3.52. The van der Waals surface area contributed by atoms with Crippen molar-refractivity contribution in [1.29, 1.82) is 0 Å². The first kappa shape index (κ1) is 12.2. The van der Waals surface area contributed by atoms with Crippen LogP contribution in [0.15, 0.2) is 42.5 Å². The summed E-state index contributed by atoms with van der Waals surface area (Å²) in [6, 6.07) is 6.08. The van der Waals surface area contributed by atoms with E-state index in [0.29, 0.717) is 5.57 Å². The highest BCUT2D eigenvalue weighted by molar-refractivity contribution is 5.66. The van der Waals surface area contributed by atoms with E-state index >= 15 is 0 Å². The molecule has 1 aromatic carbocycles. The highest BCUT2D eigenvalue weighted by Crippen LogP contribution is 2.06. The molecule has 0 aliphatic rings. The molecule has 0 aliphatic carbocycles. The average Bonchev–Trinajstić information content (AvgIpc) is 2.25. The molecule has 0 heterocycles. The maximum absolute atomic E-state index is 12.6. The topological polar surface area (TPSA) is 26.3 Å². The molecule has 0 radical (unpaired) electrons. The average molecular weight is 220 g/mol. The number of hydrogen-bond donors (Lipinski definition) is 0. The zero-order valence-electron chi connectivity index (χ0n) is 9.07. The molecular weight excluding hydrogens is 207 g/mol. The lowest BCUT2D eigenvalue weighted by Gasteiger charge is -2.00. The van der Waals surface area contributed by atoms with Crippen LogP contribution in [0.5, 0.6) is 0 Å². The van der Waals surface area contributed by atoms with Crippen LogP contribution in [0.2, 0.25) is 0 Å². The third kappa shape index (κ3) is 4.55. The molecular formula is C13H13FO2. The molecule has 0 aromatic heterocycles. The van der Waals surface area contributed by atoms with Crippen LogP contribution in [0.3, 0.4) is 0 Å². The molecule has 0 fully saturated rings. The molecule has 0 unspecified atom stereocenters. The Morgan fingerprint density at radius 2 is 2.06 bits per heavy atom. The van der Waals surface area contributed by atoms with E-state index < -0.39 is 0 Å². The van der Waals surface area contributed by atoms with Gasteiger partial charge in [0.1, 0.15) is 12.4 Å². The number of benzene rings is 1. The lowest BCUT2D eigenvalue weighted by Crippen LogP contribution is -2.00. The Morgan fingerprint density at radius 1 is 1.44 bits per heavy atom. The van der Waals surface area contributed by atoms with Gasteiger partial charge < -0.3 is 4.74 Å². The number of ether oxygens (including phenoxy) is 1. The number of carbonyl (C=O) groups excluding carboxylic acids is 1. The molecule has 16 heavy (non-hydrogen) atoms. The second-order valence-corrected chi connectivity index (χ2v) is 3.32. The maximum atomic E-state index is 12.6. The van der Waals surface area contributed by atoms with Crippen LogP contribution < -0.4 is 0 Å². The van der Waals surface area contributed by atoms with Gasteiger partial charge in [-0.05, 0) is 23.3 Å². The van der Waals surface area contributed by atoms with Crippen molar-refractivity contribution in [2.45, 2.75) is 6.92 Å². The van der Waals surface area contributed by atoms with E-state index in [0.717, 1.165) is 5.56 Å². The van der Waals surface area contributed by atoms with E-state index in [4.69, 9.17) is 4.74 Å². The Morgan fingerprint density at radius 3 is 2.62 bits per heavy atom. The summed E-state index contributed by atoms with van der Waals surface area (Å²) in [5.41, 5.74) is 1.55. The van der Waals surface area contributed by atoms with Gasteiger partial charge in [-0.1, -0.05) is 30.9 Å². The largest absolute Gasteiger partial charge is 0.461 e. The second-order valence-electron chi connectivity index (χ2n) is 3.32. The highest BCUT2D eigenvalue weighted by atomic mass is 19.1. The van der Waals surface area contributed by atoms with E-state index in [9.17, 15) is 9.18 Å². The highest BCUT2D eigenvalue weighted by Gasteiger charge is 1.94. The molecule has 1 aromatic rings. The number of halogens is 1. The van der Waals surface area contributed by atoms with Crippen LogP contribution in [0, 0.1) is 5.82 Å². The third-order valence-corrected chi connectivity index (χ3v) is 1.84. The van der Waals surface area contributed by atoms with Crippen molar-refractivity contribution in [2.75, 3.05) is 6.61 Å². The van der Waals surface area contributed by atoms with Crippen molar-refractivity contribution in [2.24, 2.45) is 0 Å². The van der Waals surface area contributed by atoms with Crippen molar-refractivity contribution >= 4 is 12.0 Å². The summed E-state index contributed by atoms with van der Waals surface area (Å²) < 4.78 is 17.4. The molecule has 84 valence electrons. The minimum absolute atomic E-state index is 0.174. The molecule has 0 spiro atoms. The van der Waals surface area contributed by atoms with Gasteiger partial charge in [0.15, 0.2) is 0 Å². The lowest BCUT2D eigenvalue weighted by atomic mass is 10.2. The van der Waals surface area contributed by atoms with Crippen LogP contribution >= 0.6 is 0 Å². The molecule has 2 nitrogen and oxygen atoms in total. The Hall–Kier alpha value is -1.90. The van der Waals surface area contributed by atoms with Crippen molar-refractivity contribution in [3.05, 3.63) is 53.9 Å². The first-order chi connectivity index (χ1) is 7.58. The van der Waals surface area contributed by atoms with Gasteiger partial charge in [0, 0.05) is 6.92 Å². The number of esters is 1. The minimum Gasteiger partial charge on any atom is -0.461 e. The maximum Gasteiger partial charge on any atom is 0.302 e. The number of rotatable bonds is 4. The Balaban J connectivity index is 2.50. The smallest absolute Gasteiger partial charge is 0.302 e. The van der Waals surface area contributed by atoms with E-state index in [1.165, 1.54) is 19.1 Å². The third-order valence-electron chi connectivity index (χ3n) is 1.84. The monoisotopic (exact) mass is 220 g/mol. The number of carbonyl (C=O) groups is 1. The predicted molar refractivity (Wildman–Crippen MR) is 61.2 cm³/mol. The normalized spacial score (nSPS) is 10.4. The first-order valence-electron chi connectivity index (χ1n) is 4.83. The Bertz CT molecular complexity index is 404. The Kier molecular flexibility index (Phi) is 4.45. The van der Waals surface area contributed by atoms with Crippen LogP contribution in [0.4, 0.5) is 4.39 Å². The summed E-state index contributed by atoms with van der Waals surface area (Å²) >= 11 is 0. The molecule has 0 aliphatic heterocycles. The van der Waals surface area contributed by atoms with Gasteiger partial charge in [0.25, 0.3) is 0 Å². The molecule has 1 rings (SSSR count). The molecule has 0 bridgehead atoms. The molecule has 0 atom stereocenters. The van der Waals surface area contributed by atoms with E-state index in [-0.39, 0.29) is 18.4 Å². The zero-order chi connectivity index (χ0) is 12.0. The number of hydrogen-bond acceptors (Lipinski definition) is 2. The molecule has 3 heteroatoms. The SMILES string of the molecule is C=C(/C=C/c1ccc(F)cc1)COC(C)=O. The molecule has 0 amide bonds. The van der Waals surface area contributed by atoms with Crippen LogP contribution in [-0.4, -0.2) is 12.6 Å². The summed E-state index contributed by atoms with van der Waals surface area (Å²) in [5, 5.41) is 0. The quantitative estimate of drug-likeness (QED) is 0.576. The van der Waals surface area contributed by atoms with Gasteiger partial charge in [0.05, 0.1) is 0 Å². The van der Waals surface area contributed by atoms with E-state index in [2.05, 4.69) is 6.58 Å². The second kappa shape index (κ2) is 5.85. The van der Waals surface area contributed by atoms with Crippen molar-refractivity contribution in [1.82, 2.24) is 0 Å². The summed E-state index contributed by atoms with van der Waals surface area (Å²) in [4.78, 5) is 10.5. The first-order valence-corrected chi connectivity index (χ1v) is 4.83. The summed E-state index contributed by atoms with van der Waals surface area (Å²) in [6.45, 7) is 5.24. The molecule has 0 saturated heterocycles. The van der Waals surface area contributed by atoms with Gasteiger partial charge in [-0.25, -0.2) is 4.39 Å². The predicted octanol–water partition coefficient (Wildman–Crippen LogP) is 2.96. The van der Waals surface area contributed by atoms with Gasteiger partial charge in [-0.3, -0.25) is 4.79 Å². The van der Waals surface area contributed by atoms with E-state index in [1.54, 1.807) is 24.3 Å². The fourth-order valence-electron chi connectivity index (χ4n) is 1.03. The standard InChI is InChI=1S/C13H13FO2/c1-10(9-16-11(2)15)3-4-12-5-7-13(14)8-6-12/h3-8H,1,9H2,2H3/b4-3+. The van der Waals surface area contributed by atoms with Crippen LogP contribution in [0.25, 0.3) is 6.08 Å². The van der Waals surface area contributed by atoms with Crippen LogP contribution in [-0.2, 0) is 9.53 Å². The van der Waals surface area contributed by atoms with Gasteiger partial charge in [0.2, 0.25) is 0 Å². The Labute approximate surface area is 94.0 Å². The molecule has 0 saturated carbocycles. The van der Waals surface area contributed by atoms with Gasteiger partial charge >= 0.3 is 5.97 Å². The zero-order valence-corrected chi connectivity index (χ0v) is 9.07. The van der Waals surface area contributed by atoms with E-state index in [1.807, 2.05) is 0 Å². The summed E-state index contributed by atoms with van der Waals surface area (Å²) in [5.74, 6) is -0.604. The van der Waals surface area contributed by atoms with Gasteiger partial charge in [-0.15, -0.1) is 0 Å². The van der Waals surface area contributed by atoms with Crippen molar-refractivity contribution < 1.29 is 13.9 Å². The fraction of sp³-hybridized carbons (Fsp3) is 0.154. The fourth-order valence-corrected chi connectivity index (χ4v) is 1.03. The van der Waals surface area contributed by atoms with Crippen molar-refractivity contribution in [3.8, 4) is 0 Å². The minimum atomic E-state index is -0.337. The van der Waals surface area contributed by atoms with Crippen LogP contribution in [0.1, 0.15) is 12.5 Å². The van der Waals surface area contributed by atoms with Gasteiger partial charge in [-0.2, -0.15) is 0 Å². The molecule has 0 N–H and O–H groups in total. The summed E-state index contributed by atoms with van der Waals surface area (Å²) in [7, 11) is 0. The lowest BCUT2D eigenvalue weighted by molar-refractivity contribution is -0.139. The van der Waals surface area contributed by atoms with Crippen molar-refractivity contribution in [3.63, 3.8) is 0 Å².